The number of hydrogen-bond acceptors (Lipinski definition) is 6. The van der Waals surface area contributed by atoms with E-state index in [0.717, 1.165) is 71.0 Å². The van der Waals surface area contributed by atoms with Gasteiger partial charge in [0, 0.05) is 40.6 Å². The van der Waals surface area contributed by atoms with E-state index >= 15 is 0 Å². The number of aliphatic imine (C=N–C) groups is 1. The molecule has 0 fully saturated rings. The Balaban J connectivity index is 1.30. The third-order valence-corrected chi connectivity index (χ3v) is 10.6. The Morgan fingerprint density at radius 3 is 2.31 bits per heavy atom. The fourth-order valence-corrected chi connectivity index (χ4v) is 7.86. The molecule has 0 aliphatic carbocycles. The minimum atomic E-state index is -0.223. The van der Waals surface area contributed by atoms with E-state index in [1.54, 1.807) is 0 Å². The van der Waals surface area contributed by atoms with Crippen molar-refractivity contribution >= 4 is 23.1 Å². The van der Waals surface area contributed by atoms with Crippen LogP contribution < -0.4 is 9.64 Å². The van der Waals surface area contributed by atoms with Crippen LogP contribution >= 0.6 is 0 Å². The average Bonchev–Trinajstić information content (AvgIpc) is 3.62. The molecule has 5 aromatic rings. The molecule has 2 aromatic heterocycles. The zero-order valence-electron chi connectivity index (χ0n) is 32.0. The summed E-state index contributed by atoms with van der Waals surface area (Å²) in [6.07, 6.45) is 8.33. The number of anilines is 3. The van der Waals surface area contributed by atoms with Gasteiger partial charge in [0.15, 0.2) is 0 Å². The van der Waals surface area contributed by atoms with Crippen LogP contribution in [-0.2, 0) is 15.6 Å². The van der Waals surface area contributed by atoms with Gasteiger partial charge < -0.3 is 9.47 Å². The lowest BCUT2D eigenvalue weighted by Crippen LogP contribution is -2.32. The Morgan fingerprint density at radius 2 is 1.58 bits per heavy atom. The van der Waals surface area contributed by atoms with Crippen molar-refractivity contribution in [3.05, 3.63) is 125 Å². The zero-order valence-corrected chi connectivity index (χ0v) is 32.0. The van der Waals surface area contributed by atoms with Gasteiger partial charge in [-0.05, 0) is 102 Å². The van der Waals surface area contributed by atoms with E-state index in [1.807, 2.05) is 42.7 Å². The molecule has 1 atom stereocenters. The first kappa shape index (κ1) is 35.4. The second-order valence-corrected chi connectivity index (χ2v) is 16.0. The molecule has 268 valence electrons. The largest absolute Gasteiger partial charge is 0.475 e. The van der Waals surface area contributed by atoms with Crippen molar-refractivity contribution in [1.82, 2.24) is 9.97 Å². The van der Waals surface area contributed by atoms with E-state index in [4.69, 9.17) is 19.5 Å². The lowest BCUT2D eigenvalue weighted by Gasteiger charge is -2.41. The van der Waals surface area contributed by atoms with Crippen LogP contribution in [0.3, 0.4) is 0 Å². The molecule has 2 aliphatic rings. The molecular weight excluding hydrogens is 641 g/mol. The maximum Gasteiger partial charge on any atom is 0.216 e. The fourth-order valence-electron chi connectivity index (χ4n) is 7.86. The Labute approximate surface area is 310 Å². The minimum absolute atomic E-state index is 0.0287. The summed E-state index contributed by atoms with van der Waals surface area (Å²) in [6, 6.07) is 30.0. The highest BCUT2D eigenvalue weighted by Crippen LogP contribution is 2.52. The molecule has 0 saturated heterocycles. The Kier molecular flexibility index (Phi) is 9.69. The van der Waals surface area contributed by atoms with Crippen LogP contribution in [0.25, 0.3) is 11.3 Å². The summed E-state index contributed by atoms with van der Waals surface area (Å²) in [5.41, 5.74) is 9.55. The molecule has 6 heteroatoms. The third-order valence-electron chi connectivity index (χ3n) is 10.6. The molecule has 4 heterocycles. The van der Waals surface area contributed by atoms with E-state index in [2.05, 4.69) is 120 Å². The topological polar surface area (TPSA) is 59.8 Å². The van der Waals surface area contributed by atoms with Gasteiger partial charge in [-0.3, -0.25) is 9.88 Å². The van der Waals surface area contributed by atoms with Crippen LogP contribution in [0.15, 0.2) is 102 Å². The van der Waals surface area contributed by atoms with Crippen molar-refractivity contribution in [3.63, 3.8) is 0 Å². The Morgan fingerprint density at radius 1 is 0.827 bits per heavy atom. The van der Waals surface area contributed by atoms with Gasteiger partial charge in [0.05, 0.1) is 23.1 Å². The monoisotopic (exact) mass is 692 g/mol. The van der Waals surface area contributed by atoms with Crippen molar-refractivity contribution < 1.29 is 9.47 Å². The number of ether oxygens (including phenoxy) is 2. The minimum Gasteiger partial charge on any atom is -0.475 e. The molecule has 6 nitrogen and oxygen atoms in total. The number of aryl methyl sites for hydroxylation is 1. The van der Waals surface area contributed by atoms with E-state index in [9.17, 15) is 0 Å². The molecule has 3 aromatic carbocycles. The lowest BCUT2D eigenvalue weighted by molar-refractivity contribution is 0.261. The lowest BCUT2D eigenvalue weighted by atomic mass is 9.72. The van der Waals surface area contributed by atoms with Gasteiger partial charge in [-0.1, -0.05) is 85.6 Å². The molecule has 0 unspecified atom stereocenters. The Hall–Kier alpha value is -4.97. The second kappa shape index (κ2) is 14.2. The standard InChI is InChI=1S/C46H52N4O2/c1-9-14-31(15-10-2)41-29-51-44(49-41)33-24-32(40-17-11-12-20-47-40)25-37(26-33)52-36-23-30(3)22-35(28-36)50-42-19-18-34(45(4,5)6)27-39(42)46(7,8)38-16-13-21-48-43(38)50/h11-13,16-28,31,41H,9-10,14-15,29H2,1-8H3/t41-/m0/s1. The van der Waals surface area contributed by atoms with Crippen molar-refractivity contribution in [2.75, 3.05) is 11.5 Å². The number of rotatable bonds is 10. The molecule has 2 aliphatic heterocycles. The third kappa shape index (κ3) is 6.96. The molecule has 52 heavy (non-hydrogen) atoms. The quantitative estimate of drug-likeness (QED) is 0.146. The zero-order chi connectivity index (χ0) is 36.6. The van der Waals surface area contributed by atoms with Crippen molar-refractivity contribution in [2.45, 2.75) is 97.9 Å². The SMILES string of the molecule is CCCC(CCC)[C@@H]1COC(c2cc(Oc3cc(C)cc(N4c5ccc(C(C)(C)C)cc5C(C)(C)c5cccnc54)c3)cc(-c3ccccn3)c2)=N1. The summed E-state index contributed by atoms with van der Waals surface area (Å²) >= 11 is 0. The van der Waals surface area contributed by atoms with Crippen molar-refractivity contribution in [1.29, 1.82) is 0 Å². The maximum absolute atomic E-state index is 6.80. The molecular formula is C46H52N4O2. The molecule has 0 bridgehead atoms. The number of benzene rings is 3. The molecule has 0 N–H and O–H groups in total. The first-order valence-corrected chi connectivity index (χ1v) is 18.9. The number of fused-ring (bicyclic) bond motifs is 2. The predicted octanol–water partition coefficient (Wildman–Crippen LogP) is 12.0. The highest BCUT2D eigenvalue weighted by atomic mass is 16.5. The maximum atomic E-state index is 6.80. The van der Waals surface area contributed by atoms with Crippen molar-refractivity contribution in [2.24, 2.45) is 10.9 Å². The van der Waals surface area contributed by atoms with Gasteiger partial charge >= 0.3 is 0 Å². The highest BCUT2D eigenvalue weighted by molar-refractivity contribution is 5.97. The molecule has 7 rings (SSSR count). The van der Waals surface area contributed by atoms with E-state index in [0.29, 0.717) is 24.2 Å². The normalized spacial score (nSPS) is 16.3. The second-order valence-electron chi connectivity index (χ2n) is 16.0. The van der Waals surface area contributed by atoms with E-state index < -0.39 is 0 Å². The van der Waals surface area contributed by atoms with E-state index in [-0.39, 0.29) is 16.9 Å². The number of nitrogens with zero attached hydrogens (tertiary/aromatic N) is 4. The van der Waals surface area contributed by atoms with Gasteiger partial charge in [0.2, 0.25) is 5.90 Å². The van der Waals surface area contributed by atoms with Crippen LogP contribution in [-0.4, -0.2) is 28.5 Å². The summed E-state index contributed by atoms with van der Waals surface area (Å²) < 4.78 is 13.1. The Bertz CT molecular complexity index is 2090. The summed E-state index contributed by atoms with van der Waals surface area (Å²) in [4.78, 5) is 17.1. The van der Waals surface area contributed by atoms with Gasteiger partial charge in [0.1, 0.15) is 23.9 Å². The smallest absolute Gasteiger partial charge is 0.216 e. The van der Waals surface area contributed by atoms with Crippen LogP contribution in [0.1, 0.15) is 102 Å². The molecule has 0 radical (unpaired) electrons. The number of pyridine rings is 2. The van der Waals surface area contributed by atoms with E-state index in [1.165, 1.54) is 16.7 Å². The van der Waals surface area contributed by atoms with Crippen LogP contribution in [0.5, 0.6) is 11.5 Å². The van der Waals surface area contributed by atoms with Gasteiger partial charge in [0.25, 0.3) is 0 Å². The van der Waals surface area contributed by atoms with Crippen LogP contribution in [0.2, 0.25) is 0 Å². The summed E-state index contributed by atoms with van der Waals surface area (Å²) in [5, 5.41) is 0. The van der Waals surface area contributed by atoms with Crippen molar-refractivity contribution in [3.8, 4) is 22.8 Å². The molecule has 0 saturated carbocycles. The summed E-state index contributed by atoms with van der Waals surface area (Å²) in [7, 11) is 0. The first-order valence-electron chi connectivity index (χ1n) is 18.9. The van der Waals surface area contributed by atoms with Gasteiger partial charge in [-0.25, -0.2) is 9.98 Å². The highest BCUT2D eigenvalue weighted by Gasteiger charge is 2.38. The van der Waals surface area contributed by atoms with Crippen LogP contribution in [0.4, 0.5) is 17.2 Å². The predicted molar refractivity (Wildman–Crippen MR) is 214 cm³/mol. The molecule has 0 amide bonds. The number of hydrogen-bond donors (Lipinski definition) is 0. The summed E-state index contributed by atoms with van der Waals surface area (Å²) in [5.74, 6) is 3.59. The summed E-state index contributed by atoms with van der Waals surface area (Å²) in [6.45, 7) is 18.7. The van der Waals surface area contributed by atoms with Gasteiger partial charge in [-0.15, -0.1) is 0 Å². The number of aromatic nitrogens is 2. The van der Waals surface area contributed by atoms with Gasteiger partial charge in [-0.2, -0.15) is 0 Å². The first-order chi connectivity index (χ1) is 25.0. The fraction of sp³-hybridized carbons (Fsp3) is 0.370. The molecule has 0 spiro atoms. The van der Waals surface area contributed by atoms with Crippen LogP contribution in [0, 0.1) is 12.8 Å². The average molecular weight is 693 g/mol.